The fourth-order valence-electron chi connectivity index (χ4n) is 2.63. The number of para-hydroxylation sites is 1. The minimum atomic E-state index is -0.195. The number of nitrogens with one attached hydrogen (secondary N) is 1. The third-order valence-corrected chi connectivity index (χ3v) is 4.39. The van der Waals surface area contributed by atoms with Gasteiger partial charge in [-0.1, -0.05) is 49.2 Å². The monoisotopic (exact) mass is 368 g/mol. The molecule has 26 heavy (non-hydrogen) atoms. The van der Waals surface area contributed by atoms with Gasteiger partial charge in [0.15, 0.2) is 5.82 Å². The molecule has 0 fully saturated rings. The number of ether oxygens (including phenoxy) is 1. The zero-order valence-corrected chi connectivity index (χ0v) is 15.6. The molecule has 0 bridgehead atoms. The third kappa shape index (κ3) is 4.14. The van der Waals surface area contributed by atoms with E-state index >= 15 is 0 Å². The Morgan fingerprint density at radius 2 is 2.00 bits per heavy atom. The summed E-state index contributed by atoms with van der Waals surface area (Å²) in [5.74, 6) is 1.20. The molecule has 3 rings (SSSR count). The van der Waals surface area contributed by atoms with Crippen molar-refractivity contribution in [2.75, 3.05) is 6.61 Å². The SMILES string of the molecule is CCCCOc1ccc(/C=C(\Cl)c2nc3c(C)cccc3c(=O)[nH]2)cc1. The number of halogens is 1. The van der Waals surface area contributed by atoms with Gasteiger partial charge in [-0.15, -0.1) is 0 Å². The Bertz CT molecular complexity index is 991. The Morgan fingerprint density at radius 1 is 1.23 bits per heavy atom. The van der Waals surface area contributed by atoms with E-state index in [4.69, 9.17) is 16.3 Å². The van der Waals surface area contributed by atoms with Gasteiger partial charge in [-0.2, -0.15) is 0 Å². The molecule has 0 unspecified atom stereocenters. The normalized spacial score (nSPS) is 11.7. The van der Waals surface area contributed by atoms with Gasteiger partial charge in [0, 0.05) is 0 Å². The second-order valence-electron chi connectivity index (χ2n) is 6.15. The smallest absolute Gasteiger partial charge is 0.259 e. The average Bonchev–Trinajstić information content (AvgIpc) is 2.64. The molecular formula is C21H21ClN2O2. The molecule has 0 spiro atoms. The molecular weight excluding hydrogens is 348 g/mol. The van der Waals surface area contributed by atoms with Crippen LogP contribution < -0.4 is 10.3 Å². The maximum atomic E-state index is 12.3. The van der Waals surface area contributed by atoms with Crippen LogP contribution in [0.15, 0.2) is 47.3 Å². The molecule has 0 aliphatic rings. The van der Waals surface area contributed by atoms with Crippen LogP contribution in [0.4, 0.5) is 0 Å². The number of aryl methyl sites for hydroxylation is 1. The molecule has 1 N–H and O–H groups in total. The second-order valence-corrected chi connectivity index (χ2v) is 6.56. The molecule has 1 heterocycles. The highest BCUT2D eigenvalue weighted by atomic mass is 35.5. The van der Waals surface area contributed by atoms with Crippen molar-refractivity contribution >= 4 is 33.6 Å². The largest absolute Gasteiger partial charge is 0.494 e. The van der Waals surface area contributed by atoms with Crippen molar-refractivity contribution in [3.8, 4) is 5.75 Å². The van der Waals surface area contributed by atoms with E-state index in [1.165, 1.54) is 0 Å². The van der Waals surface area contributed by atoms with Crippen LogP contribution >= 0.6 is 11.6 Å². The van der Waals surface area contributed by atoms with Crippen molar-refractivity contribution in [2.45, 2.75) is 26.7 Å². The molecule has 0 saturated heterocycles. The number of nitrogens with zero attached hydrogens (tertiary/aromatic N) is 1. The van der Waals surface area contributed by atoms with Crippen LogP contribution in [0.25, 0.3) is 22.0 Å². The minimum Gasteiger partial charge on any atom is -0.494 e. The van der Waals surface area contributed by atoms with Crippen molar-refractivity contribution in [1.82, 2.24) is 9.97 Å². The van der Waals surface area contributed by atoms with Crippen LogP contribution in [-0.2, 0) is 0 Å². The van der Waals surface area contributed by atoms with Crippen molar-refractivity contribution in [2.24, 2.45) is 0 Å². The number of hydrogen-bond donors (Lipinski definition) is 1. The summed E-state index contributed by atoms with van der Waals surface area (Å²) in [6, 6.07) is 13.2. The first-order valence-electron chi connectivity index (χ1n) is 8.68. The lowest BCUT2D eigenvalue weighted by atomic mass is 10.1. The molecule has 0 aliphatic heterocycles. The molecule has 5 heteroatoms. The topological polar surface area (TPSA) is 55.0 Å². The van der Waals surface area contributed by atoms with Gasteiger partial charge < -0.3 is 9.72 Å². The van der Waals surface area contributed by atoms with Crippen molar-refractivity contribution in [1.29, 1.82) is 0 Å². The molecule has 1 aromatic heterocycles. The number of unbranched alkanes of at least 4 members (excludes halogenated alkanes) is 1. The van der Waals surface area contributed by atoms with Crippen LogP contribution in [0.3, 0.4) is 0 Å². The number of benzene rings is 2. The van der Waals surface area contributed by atoms with E-state index < -0.39 is 0 Å². The second kappa shape index (κ2) is 8.19. The number of fused-ring (bicyclic) bond motifs is 1. The summed E-state index contributed by atoms with van der Waals surface area (Å²) >= 11 is 6.40. The fraction of sp³-hybridized carbons (Fsp3) is 0.238. The zero-order chi connectivity index (χ0) is 18.5. The molecule has 3 aromatic rings. The molecule has 0 atom stereocenters. The Kier molecular flexibility index (Phi) is 5.74. The Morgan fingerprint density at radius 3 is 2.73 bits per heavy atom. The fourth-order valence-corrected chi connectivity index (χ4v) is 2.84. The lowest BCUT2D eigenvalue weighted by Gasteiger charge is -2.06. The highest BCUT2D eigenvalue weighted by molar-refractivity contribution is 6.50. The summed E-state index contributed by atoms with van der Waals surface area (Å²) in [7, 11) is 0. The Balaban J connectivity index is 1.86. The van der Waals surface area contributed by atoms with E-state index in [2.05, 4.69) is 16.9 Å². The van der Waals surface area contributed by atoms with Gasteiger partial charge in [0.2, 0.25) is 0 Å². The summed E-state index contributed by atoms with van der Waals surface area (Å²) in [4.78, 5) is 19.6. The van der Waals surface area contributed by atoms with E-state index in [9.17, 15) is 4.79 Å². The maximum Gasteiger partial charge on any atom is 0.259 e. The Labute approximate surface area is 157 Å². The van der Waals surface area contributed by atoms with E-state index in [0.717, 1.165) is 29.7 Å². The first-order chi connectivity index (χ1) is 12.6. The number of aromatic nitrogens is 2. The van der Waals surface area contributed by atoms with E-state index in [1.807, 2.05) is 43.3 Å². The highest BCUT2D eigenvalue weighted by Crippen LogP contribution is 2.22. The summed E-state index contributed by atoms with van der Waals surface area (Å²) < 4.78 is 5.65. The summed E-state index contributed by atoms with van der Waals surface area (Å²) in [5.41, 5.74) is 2.32. The van der Waals surface area contributed by atoms with Crippen molar-refractivity contribution in [3.63, 3.8) is 0 Å². The van der Waals surface area contributed by atoms with Crippen LogP contribution in [-0.4, -0.2) is 16.6 Å². The molecule has 0 amide bonds. The number of H-pyrrole nitrogens is 1. The van der Waals surface area contributed by atoms with E-state index in [1.54, 1.807) is 12.1 Å². The molecule has 0 saturated carbocycles. The quantitative estimate of drug-likeness (QED) is 0.612. The molecule has 134 valence electrons. The molecule has 4 nitrogen and oxygen atoms in total. The van der Waals surface area contributed by atoms with Gasteiger partial charge in [-0.05, 0) is 48.7 Å². The average molecular weight is 369 g/mol. The molecule has 2 aromatic carbocycles. The zero-order valence-electron chi connectivity index (χ0n) is 14.9. The van der Waals surface area contributed by atoms with Crippen molar-refractivity contribution in [3.05, 3.63) is 69.8 Å². The summed E-state index contributed by atoms with van der Waals surface area (Å²) in [5, 5.41) is 0.943. The number of rotatable bonds is 6. The van der Waals surface area contributed by atoms with Crippen LogP contribution in [0.5, 0.6) is 5.75 Å². The van der Waals surface area contributed by atoms with Gasteiger partial charge in [-0.25, -0.2) is 4.98 Å². The number of aromatic amines is 1. The lowest BCUT2D eigenvalue weighted by Crippen LogP contribution is -2.11. The van der Waals surface area contributed by atoms with Gasteiger partial charge in [0.05, 0.1) is 22.5 Å². The predicted octanol–water partition coefficient (Wildman–Crippen LogP) is 5.15. The van der Waals surface area contributed by atoms with Crippen LogP contribution in [0, 0.1) is 6.92 Å². The van der Waals surface area contributed by atoms with Gasteiger partial charge in [-0.3, -0.25) is 4.79 Å². The van der Waals surface area contributed by atoms with Crippen LogP contribution in [0.2, 0.25) is 0 Å². The number of hydrogen-bond acceptors (Lipinski definition) is 3. The lowest BCUT2D eigenvalue weighted by molar-refractivity contribution is 0.309. The first-order valence-corrected chi connectivity index (χ1v) is 9.06. The summed E-state index contributed by atoms with van der Waals surface area (Å²) in [6.07, 6.45) is 3.92. The van der Waals surface area contributed by atoms with Crippen molar-refractivity contribution < 1.29 is 4.74 Å². The molecule has 0 radical (unpaired) electrons. The molecule has 0 aliphatic carbocycles. The maximum absolute atomic E-state index is 12.3. The first kappa shape index (κ1) is 18.2. The van der Waals surface area contributed by atoms with Gasteiger partial charge in [0.1, 0.15) is 5.75 Å². The van der Waals surface area contributed by atoms with Gasteiger partial charge in [0.25, 0.3) is 5.56 Å². The minimum absolute atomic E-state index is 0.195. The van der Waals surface area contributed by atoms with E-state index in [0.29, 0.717) is 28.4 Å². The highest BCUT2D eigenvalue weighted by Gasteiger charge is 2.08. The standard InChI is InChI=1S/C21H21ClN2O2/c1-3-4-12-26-16-10-8-15(9-11-16)13-18(22)20-23-19-14(2)6-5-7-17(19)21(25)24-20/h5-11,13H,3-4,12H2,1-2H3,(H,23,24,25)/b18-13-. The Hall–Kier alpha value is -2.59. The summed E-state index contributed by atoms with van der Waals surface area (Å²) in [6.45, 7) is 4.77. The van der Waals surface area contributed by atoms with Crippen LogP contribution in [0.1, 0.15) is 36.7 Å². The third-order valence-electron chi connectivity index (χ3n) is 4.10. The predicted molar refractivity (Wildman–Crippen MR) is 108 cm³/mol. The van der Waals surface area contributed by atoms with E-state index in [-0.39, 0.29) is 5.56 Å². The van der Waals surface area contributed by atoms with Gasteiger partial charge >= 0.3 is 0 Å².